The first-order valence-corrected chi connectivity index (χ1v) is 10.2. The number of benzene rings is 3. The van der Waals surface area contributed by atoms with Crippen LogP contribution in [0.2, 0.25) is 5.02 Å². The van der Waals surface area contributed by atoms with E-state index >= 15 is 0 Å². The van der Waals surface area contributed by atoms with Gasteiger partial charge in [-0.3, -0.25) is 4.79 Å². The Kier molecular flexibility index (Phi) is 6.05. The van der Waals surface area contributed by atoms with Crippen LogP contribution in [0.1, 0.15) is 27.2 Å². The molecule has 6 heteroatoms. The molecule has 1 amide bonds. The van der Waals surface area contributed by atoms with Crippen molar-refractivity contribution in [1.29, 1.82) is 0 Å². The van der Waals surface area contributed by atoms with Gasteiger partial charge in [-0.15, -0.1) is 0 Å². The maximum atomic E-state index is 12.4. The summed E-state index contributed by atoms with van der Waals surface area (Å²) in [6.07, 6.45) is 0. The van der Waals surface area contributed by atoms with Gasteiger partial charge in [-0.2, -0.15) is 0 Å². The quantitative estimate of drug-likeness (QED) is 0.386. The minimum absolute atomic E-state index is 0.244. The minimum Gasteiger partial charge on any atom is -0.457 e. The van der Waals surface area contributed by atoms with Crippen molar-refractivity contribution in [1.82, 2.24) is 10.5 Å². The van der Waals surface area contributed by atoms with Crippen LogP contribution in [0.25, 0.3) is 11.3 Å². The van der Waals surface area contributed by atoms with Gasteiger partial charge < -0.3 is 14.6 Å². The lowest BCUT2D eigenvalue weighted by Gasteiger charge is -2.08. The van der Waals surface area contributed by atoms with Gasteiger partial charge in [0.1, 0.15) is 11.5 Å². The number of aromatic nitrogens is 1. The predicted octanol–water partition coefficient (Wildman–Crippen LogP) is 6.33. The Morgan fingerprint density at radius 1 is 0.968 bits per heavy atom. The second-order valence-corrected chi connectivity index (χ2v) is 7.69. The fourth-order valence-corrected chi connectivity index (χ4v) is 3.12. The summed E-state index contributed by atoms with van der Waals surface area (Å²) in [4.78, 5) is 12.4. The van der Waals surface area contributed by atoms with Crippen molar-refractivity contribution in [3.8, 4) is 22.8 Å². The highest BCUT2D eigenvalue weighted by Gasteiger charge is 2.13. The van der Waals surface area contributed by atoms with E-state index in [2.05, 4.69) is 10.5 Å². The minimum atomic E-state index is -0.293. The zero-order valence-corrected chi connectivity index (χ0v) is 17.9. The zero-order valence-electron chi connectivity index (χ0n) is 17.2. The Morgan fingerprint density at radius 2 is 1.68 bits per heavy atom. The molecule has 0 saturated carbocycles. The van der Waals surface area contributed by atoms with E-state index < -0.39 is 0 Å². The monoisotopic (exact) mass is 432 g/mol. The number of rotatable bonds is 6. The molecule has 0 fully saturated rings. The molecule has 0 aliphatic heterocycles. The number of hydrogen-bond acceptors (Lipinski definition) is 4. The average molecular weight is 433 g/mol. The molecule has 0 spiro atoms. The van der Waals surface area contributed by atoms with E-state index in [0.717, 1.165) is 28.0 Å². The summed E-state index contributed by atoms with van der Waals surface area (Å²) >= 11 is 6.05. The summed E-state index contributed by atoms with van der Waals surface area (Å²) < 4.78 is 11.2. The standard InChI is InChI=1S/C25H21ClN2O3/c1-16-3-7-19(8-4-16)24-14-23(28-31-24)25(29)27-15-18-5-9-20(10-6-18)30-21-11-12-22(26)17(2)13-21/h3-14H,15H2,1-2H3,(H,27,29). The van der Waals surface area contributed by atoms with Gasteiger partial charge in [0, 0.05) is 23.2 Å². The third-order valence-corrected chi connectivity index (χ3v) is 5.24. The summed E-state index contributed by atoms with van der Waals surface area (Å²) in [6, 6.07) is 22.5. The summed E-state index contributed by atoms with van der Waals surface area (Å²) in [5.74, 6) is 1.69. The van der Waals surface area contributed by atoms with Gasteiger partial charge in [0.15, 0.2) is 11.5 Å². The van der Waals surface area contributed by atoms with Crippen molar-refractivity contribution >= 4 is 17.5 Å². The lowest BCUT2D eigenvalue weighted by Crippen LogP contribution is -2.22. The smallest absolute Gasteiger partial charge is 0.273 e. The van der Waals surface area contributed by atoms with E-state index in [1.54, 1.807) is 6.07 Å². The number of nitrogens with zero attached hydrogens (tertiary/aromatic N) is 1. The molecule has 4 rings (SSSR count). The molecule has 0 saturated heterocycles. The van der Waals surface area contributed by atoms with Crippen LogP contribution in [-0.4, -0.2) is 11.1 Å². The maximum absolute atomic E-state index is 12.4. The van der Waals surface area contributed by atoms with Crippen molar-refractivity contribution in [2.75, 3.05) is 0 Å². The van der Waals surface area contributed by atoms with Crippen molar-refractivity contribution in [2.45, 2.75) is 20.4 Å². The summed E-state index contributed by atoms with van der Waals surface area (Å²) in [5.41, 5.74) is 4.17. The molecular weight excluding hydrogens is 412 g/mol. The van der Waals surface area contributed by atoms with E-state index in [0.29, 0.717) is 23.1 Å². The van der Waals surface area contributed by atoms with E-state index in [1.807, 2.05) is 80.6 Å². The zero-order chi connectivity index (χ0) is 21.8. The molecule has 1 heterocycles. The van der Waals surface area contributed by atoms with E-state index in [-0.39, 0.29) is 11.6 Å². The Balaban J connectivity index is 1.34. The topological polar surface area (TPSA) is 64.4 Å². The first kappa shape index (κ1) is 20.7. The molecule has 0 aliphatic carbocycles. The summed E-state index contributed by atoms with van der Waals surface area (Å²) in [7, 11) is 0. The maximum Gasteiger partial charge on any atom is 0.273 e. The molecule has 0 atom stereocenters. The highest BCUT2D eigenvalue weighted by atomic mass is 35.5. The lowest BCUT2D eigenvalue weighted by atomic mass is 10.1. The molecule has 31 heavy (non-hydrogen) atoms. The third kappa shape index (κ3) is 5.13. The number of aryl methyl sites for hydroxylation is 2. The lowest BCUT2D eigenvalue weighted by molar-refractivity contribution is 0.0942. The molecule has 156 valence electrons. The Labute approximate surface area is 185 Å². The van der Waals surface area contributed by atoms with Crippen LogP contribution in [0.3, 0.4) is 0 Å². The van der Waals surface area contributed by atoms with Gasteiger partial charge >= 0.3 is 0 Å². The molecule has 3 aromatic carbocycles. The fourth-order valence-electron chi connectivity index (χ4n) is 3.00. The van der Waals surface area contributed by atoms with Crippen LogP contribution in [0.15, 0.2) is 77.3 Å². The third-order valence-electron chi connectivity index (χ3n) is 4.82. The molecule has 4 aromatic rings. The van der Waals surface area contributed by atoms with Gasteiger partial charge in [-0.25, -0.2) is 0 Å². The number of hydrogen-bond donors (Lipinski definition) is 1. The van der Waals surface area contributed by atoms with E-state index in [9.17, 15) is 4.79 Å². The van der Waals surface area contributed by atoms with Crippen LogP contribution < -0.4 is 10.1 Å². The fraction of sp³-hybridized carbons (Fsp3) is 0.120. The van der Waals surface area contributed by atoms with Gasteiger partial charge in [-0.05, 0) is 55.3 Å². The molecule has 1 aromatic heterocycles. The largest absolute Gasteiger partial charge is 0.457 e. The van der Waals surface area contributed by atoms with Crippen molar-refractivity contribution in [3.63, 3.8) is 0 Å². The SMILES string of the molecule is Cc1ccc(-c2cc(C(=O)NCc3ccc(Oc4ccc(Cl)c(C)c4)cc3)no2)cc1. The van der Waals surface area contributed by atoms with Crippen LogP contribution >= 0.6 is 11.6 Å². The molecule has 0 aliphatic rings. The number of ether oxygens (including phenoxy) is 1. The summed E-state index contributed by atoms with van der Waals surface area (Å²) in [5, 5.41) is 7.45. The second kappa shape index (κ2) is 9.06. The van der Waals surface area contributed by atoms with Gasteiger partial charge in [0.2, 0.25) is 0 Å². The first-order valence-electron chi connectivity index (χ1n) is 9.83. The van der Waals surface area contributed by atoms with Gasteiger partial charge in [-0.1, -0.05) is 58.7 Å². The normalized spacial score (nSPS) is 10.7. The predicted molar refractivity (Wildman–Crippen MR) is 121 cm³/mol. The number of carbonyl (C=O) groups excluding carboxylic acids is 1. The van der Waals surface area contributed by atoms with Gasteiger partial charge in [0.25, 0.3) is 5.91 Å². The molecule has 1 N–H and O–H groups in total. The first-order chi connectivity index (χ1) is 15.0. The molecule has 0 unspecified atom stereocenters. The number of halogens is 1. The highest BCUT2D eigenvalue weighted by Crippen LogP contribution is 2.26. The average Bonchev–Trinajstić information content (AvgIpc) is 3.26. The molecule has 0 bridgehead atoms. The van der Waals surface area contributed by atoms with E-state index in [4.69, 9.17) is 20.9 Å². The second-order valence-electron chi connectivity index (χ2n) is 7.28. The van der Waals surface area contributed by atoms with Crippen LogP contribution in [0.5, 0.6) is 11.5 Å². The number of amides is 1. The highest BCUT2D eigenvalue weighted by molar-refractivity contribution is 6.31. The van der Waals surface area contributed by atoms with Crippen LogP contribution in [0, 0.1) is 13.8 Å². The Bertz CT molecular complexity index is 1200. The number of nitrogens with one attached hydrogen (secondary N) is 1. The van der Waals surface area contributed by atoms with Crippen LogP contribution in [-0.2, 0) is 6.54 Å². The Morgan fingerprint density at radius 3 is 2.39 bits per heavy atom. The Hall–Kier alpha value is -3.57. The molecule has 5 nitrogen and oxygen atoms in total. The van der Waals surface area contributed by atoms with Gasteiger partial charge in [0.05, 0.1) is 0 Å². The van der Waals surface area contributed by atoms with Crippen molar-refractivity contribution < 1.29 is 14.1 Å². The van der Waals surface area contributed by atoms with Crippen LogP contribution in [0.4, 0.5) is 0 Å². The van der Waals surface area contributed by atoms with Crippen molar-refractivity contribution in [3.05, 3.63) is 100 Å². The van der Waals surface area contributed by atoms with Crippen molar-refractivity contribution in [2.24, 2.45) is 0 Å². The summed E-state index contributed by atoms with van der Waals surface area (Å²) in [6.45, 7) is 4.31. The molecular formula is C25H21ClN2O3. The number of carbonyl (C=O) groups is 1. The molecule has 0 radical (unpaired) electrons. The van der Waals surface area contributed by atoms with E-state index in [1.165, 1.54) is 0 Å².